The Labute approximate surface area is 200 Å². The van der Waals surface area contributed by atoms with Gasteiger partial charge in [-0.2, -0.15) is 0 Å². The number of aliphatic hydroxyl groups is 4. The number of benzene rings is 1. The van der Waals surface area contributed by atoms with Gasteiger partial charge in [0.05, 0.1) is 28.9 Å². The molecule has 0 radical (unpaired) electrons. The minimum absolute atomic E-state index is 0.0922. The van der Waals surface area contributed by atoms with Gasteiger partial charge in [0.1, 0.15) is 17.5 Å². The number of phenolic OH excluding ortho intramolecular Hbond substituents is 1. The predicted octanol–water partition coefficient (Wildman–Crippen LogP) is 0.0947. The van der Waals surface area contributed by atoms with Gasteiger partial charge in [0.25, 0.3) is 0 Å². The van der Waals surface area contributed by atoms with E-state index in [2.05, 4.69) is 0 Å². The summed E-state index contributed by atoms with van der Waals surface area (Å²) in [6, 6.07) is 3.92. The fourth-order valence-corrected chi connectivity index (χ4v) is 5.62. The van der Waals surface area contributed by atoms with Crippen molar-refractivity contribution in [2.24, 2.45) is 0 Å². The molecule has 7 atom stereocenters. The molecule has 5 unspecified atom stereocenters. The van der Waals surface area contributed by atoms with Crippen LogP contribution in [0.5, 0.6) is 5.75 Å². The van der Waals surface area contributed by atoms with E-state index in [1.165, 1.54) is 31.2 Å². The standard InChI is InChI=1S/C25H26O10/c1-11-14(26)6-7-16(34-11)35-25-18-13(19(28)17-12(20(18)29)4-3-5-15(17)27)8-9-24(25,33)10-23(2,32)21(30)22(25)31/h3-5,8-9,11,14,16,21,26-27,30,32-33H,6-7,10H2,1-2H3/t11?,14?,16?,21?,23-,24-,25?/m1/s1. The third-order valence-electron chi connectivity index (χ3n) is 7.47. The van der Waals surface area contributed by atoms with Crippen LogP contribution in [-0.4, -0.2) is 84.3 Å². The molecule has 1 aromatic rings. The number of Topliss-reactive ketones (excluding diaryl/α,β-unsaturated/α-hetero) is 3. The Morgan fingerprint density at radius 1 is 1.09 bits per heavy atom. The van der Waals surface area contributed by atoms with Crippen LogP contribution in [0.2, 0.25) is 0 Å². The molecule has 0 aromatic heterocycles. The molecule has 1 aromatic carbocycles. The van der Waals surface area contributed by atoms with E-state index in [0.29, 0.717) is 0 Å². The second-order valence-corrected chi connectivity index (χ2v) is 9.92. The number of aliphatic hydroxyl groups excluding tert-OH is 2. The topological polar surface area (TPSA) is 171 Å². The SMILES string of the molecule is CC1OC(OC23C(=O)C(O)[C@](C)(O)C[C@]2(O)C=CC2=C3C(=O)c3cccc(O)c3C2=O)CCC1O. The van der Waals surface area contributed by atoms with E-state index in [-0.39, 0.29) is 29.5 Å². The van der Waals surface area contributed by atoms with Crippen LogP contribution in [0.4, 0.5) is 0 Å². The summed E-state index contributed by atoms with van der Waals surface area (Å²) in [5.41, 5.74) is -8.21. The molecule has 10 nitrogen and oxygen atoms in total. The normalized spacial score (nSPS) is 40.9. The van der Waals surface area contributed by atoms with Crippen molar-refractivity contribution < 1.29 is 49.4 Å². The fraction of sp³-hybridized carbons (Fsp3) is 0.480. The number of hydrogen-bond donors (Lipinski definition) is 5. The molecule has 3 aliphatic carbocycles. The van der Waals surface area contributed by atoms with Gasteiger partial charge in [-0.1, -0.05) is 18.2 Å². The Morgan fingerprint density at radius 2 is 1.80 bits per heavy atom. The lowest BCUT2D eigenvalue weighted by molar-refractivity contribution is -0.289. The van der Waals surface area contributed by atoms with Gasteiger partial charge in [-0.05, 0) is 32.4 Å². The number of allylic oxidation sites excluding steroid dienone is 2. The molecule has 0 spiro atoms. The first-order chi connectivity index (χ1) is 16.3. The zero-order chi connectivity index (χ0) is 25.5. The average molecular weight is 486 g/mol. The molecule has 10 heteroatoms. The molecular weight excluding hydrogens is 460 g/mol. The Bertz CT molecular complexity index is 1210. The highest BCUT2D eigenvalue weighted by Gasteiger charge is 2.71. The lowest BCUT2D eigenvalue weighted by Crippen LogP contribution is -2.75. The van der Waals surface area contributed by atoms with Crippen molar-refractivity contribution in [3.05, 3.63) is 52.6 Å². The maximum absolute atomic E-state index is 13.8. The number of carbonyl (C=O) groups is 3. The summed E-state index contributed by atoms with van der Waals surface area (Å²) in [4.78, 5) is 41.0. The van der Waals surface area contributed by atoms with Crippen molar-refractivity contribution in [3.63, 3.8) is 0 Å². The number of fused-ring (bicyclic) bond motifs is 3. The van der Waals surface area contributed by atoms with Crippen LogP contribution in [0, 0.1) is 0 Å². The van der Waals surface area contributed by atoms with Crippen LogP contribution in [0.1, 0.15) is 53.8 Å². The molecule has 1 heterocycles. The fourth-order valence-electron chi connectivity index (χ4n) is 5.62. The van der Waals surface area contributed by atoms with Crippen LogP contribution in [0.15, 0.2) is 41.5 Å². The maximum atomic E-state index is 13.8. The maximum Gasteiger partial charge on any atom is 0.204 e. The molecule has 5 N–H and O–H groups in total. The number of phenols is 1. The third kappa shape index (κ3) is 3.15. The van der Waals surface area contributed by atoms with E-state index in [0.717, 1.165) is 6.08 Å². The number of ether oxygens (including phenoxy) is 2. The predicted molar refractivity (Wildman–Crippen MR) is 118 cm³/mol. The first-order valence-corrected chi connectivity index (χ1v) is 11.4. The van der Waals surface area contributed by atoms with E-state index in [9.17, 15) is 39.9 Å². The highest BCUT2D eigenvalue weighted by molar-refractivity contribution is 6.32. The van der Waals surface area contributed by atoms with Crippen LogP contribution < -0.4 is 0 Å². The van der Waals surface area contributed by atoms with E-state index < -0.39 is 76.5 Å². The number of ketones is 3. The summed E-state index contributed by atoms with van der Waals surface area (Å²) in [6.45, 7) is 2.76. The molecule has 186 valence electrons. The Balaban J connectivity index is 1.74. The third-order valence-corrected chi connectivity index (χ3v) is 7.47. The first-order valence-electron chi connectivity index (χ1n) is 11.4. The quantitative estimate of drug-likeness (QED) is 0.386. The smallest absolute Gasteiger partial charge is 0.204 e. The van der Waals surface area contributed by atoms with Crippen molar-refractivity contribution >= 4 is 17.3 Å². The van der Waals surface area contributed by atoms with Gasteiger partial charge in [-0.15, -0.1) is 0 Å². The molecule has 0 amide bonds. The molecule has 1 saturated heterocycles. The Morgan fingerprint density at radius 3 is 2.49 bits per heavy atom. The largest absolute Gasteiger partial charge is 0.507 e. The molecule has 4 aliphatic rings. The van der Waals surface area contributed by atoms with Crippen LogP contribution in [0.25, 0.3) is 0 Å². The second kappa shape index (κ2) is 7.63. The lowest BCUT2D eigenvalue weighted by Gasteiger charge is -2.56. The number of hydrogen-bond acceptors (Lipinski definition) is 10. The van der Waals surface area contributed by atoms with E-state index >= 15 is 0 Å². The van der Waals surface area contributed by atoms with Crippen molar-refractivity contribution in [2.45, 2.75) is 74.5 Å². The van der Waals surface area contributed by atoms with Gasteiger partial charge in [-0.3, -0.25) is 14.4 Å². The Kier molecular flexibility index (Phi) is 5.23. The lowest BCUT2D eigenvalue weighted by atomic mass is 9.56. The molecule has 1 saturated carbocycles. The van der Waals surface area contributed by atoms with Crippen molar-refractivity contribution in [2.75, 3.05) is 0 Å². The van der Waals surface area contributed by atoms with Gasteiger partial charge in [0.15, 0.2) is 23.5 Å². The van der Waals surface area contributed by atoms with Crippen LogP contribution in [0.3, 0.4) is 0 Å². The Hall–Kier alpha value is -2.73. The molecule has 5 rings (SSSR count). The van der Waals surface area contributed by atoms with Crippen molar-refractivity contribution in [1.29, 1.82) is 0 Å². The number of aromatic hydroxyl groups is 1. The zero-order valence-corrected chi connectivity index (χ0v) is 19.1. The molecule has 1 aliphatic heterocycles. The molecular formula is C25H26O10. The van der Waals surface area contributed by atoms with Gasteiger partial charge < -0.3 is 35.0 Å². The van der Waals surface area contributed by atoms with Crippen molar-refractivity contribution in [3.8, 4) is 5.75 Å². The monoisotopic (exact) mass is 486 g/mol. The minimum Gasteiger partial charge on any atom is -0.507 e. The van der Waals surface area contributed by atoms with Crippen molar-refractivity contribution in [1.82, 2.24) is 0 Å². The summed E-state index contributed by atoms with van der Waals surface area (Å²) in [5.74, 6) is -3.24. The second-order valence-electron chi connectivity index (χ2n) is 9.92. The number of rotatable bonds is 2. The summed E-state index contributed by atoms with van der Waals surface area (Å²) in [7, 11) is 0. The minimum atomic E-state index is -2.60. The number of carbonyl (C=O) groups excluding carboxylic acids is 3. The molecule has 0 bridgehead atoms. The van der Waals surface area contributed by atoms with E-state index in [1.54, 1.807) is 6.92 Å². The molecule has 35 heavy (non-hydrogen) atoms. The zero-order valence-electron chi connectivity index (χ0n) is 19.1. The highest BCUT2D eigenvalue weighted by Crippen LogP contribution is 2.54. The van der Waals surface area contributed by atoms with Crippen LogP contribution >= 0.6 is 0 Å². The van der Waals surface area contributed by atoms with Crippen LogP contribution in [-0.2, 0) is 14.3 Å². The summed E-state index contributed by atoms with van der Waals surface area (Å²) >= 11 is 0. The van der Waals surface area contributed by atoms with Gasteiger partial charge in [-0.25, -0.2) is 0 Å². The summed E-state index contributed by atoms with van der Waals surface area (Å²) in [6.07, 6.45) is -2.75. The van der Waals surface area contributed by atoms with Gasteiger partial charge >= 0.3 is 0 Å². The van der Waals surface area contributed by atoms with E-state index in [1.807, 2.05) is 0 Å². The highest BCUT2D eigenvalue weighted by atomic mass is 16.7. The summed E-state index contributed by atoms with van der Waals surface area (Å²) in [5, 5.41) is 53.6. The summed E-state index contributed by atoms with van der Waals surface area (Å²) < 4.78 is 11.8. The molecule has 2 fully saturated rings. The van der Waals surface area contributed by atoms with Gasteiger partial charge in [0, 0.05) is 24.0 Å². The van der Waals surface area contributed by atoms with Gasteiger partial charge in [0.2, 0.25) is 5.78 Å². The average Bonchev–Trinajstić information content (AvgIpc) is 2.79. The first kappa shape index (κ1) is 24.0. The van der Waals surface area contributed by atoms with E-state index in [4.69, 9.17) is 9.47 Å².